The number of ether oxygens (including phenoxy) is 2. The molecule has 1 rings (SSSR count). The number of esters is 1. The zero-order valence-electron chi connectivity index (χ0n) is 6.01. The van der Waals surface area contributed by atoms with Gasteiger partial charge in [0.1, 0.15) is 5.03 Å². The lowest BCUT2D eigenvalue weighted by Gasteiger charge is -2.09. The quantitative estimate of drug-likeness (QED) is 0.472. The fourth-order valence-electron chi connectivity index (χ4n) is 0.824. The van der Waals surface area contributed by atoms with Gasteiger partial charge in [-0.05, 0) is 6.42 Å². The molecular formula is C7H9ClO3. The molecule has 62 valence electrons. The molecule has 0 spiro atoms. The fourth-order valence-corrected chi connectivity index (χ4v) is 0.869. The monoisotopic (exact) mass is 176 g/mol. The Bertz CT molecular complexity index is 173. The molecule has 0 bridgehead atoms. The van der Waals surface area contributed by atoms with E-state index in [0.717, 1.165) is 12.8 Å². The van der Waals surface area contributed by atoms with E-state index in [0.29, 0.717) is 6.61 Å². The molecule has 4 heteroatoms. The zero-order chi connectivity index (χ0) is 8.27. The number of hydrogen-bond acceptors (Lipinski definition) is 3. The maximum absolute atomic E-state index is 10.8. The van der Waals surface area contributed by atoms with Crippen LogP contribution in [0.15, 0.2) is 11.6 Å². The molecule has 0 saturated carbocycles. The minimum Gasteiger partial charge on any atom is -0.432 e. The molecule has 0 aliphatic carbocycles. The fraction of sp³-hybridized carbons (Fsp3) is 0.571. The van der Waals surface area contributed by atoms with Crippen molar-refractivity contribution in [1.82, 2.24) is 0 Å². The normalized spacial score (nSPS) is 23.2. The molecule has 0 aromatic rings. The number of halogens is 1. The van der Waals surface area contributed by atoms with Crippen molar-refractivity contribution >= 4 is 17.6 Å². The third kappa shape index (κ3) is 2.52. The van der Waals surface area contributed by atoms with Crippen LogP contribution in [0.25, 0.3) is 0 Å². The third-order valence-corrected chi connectivity index (χ3v) is 1.50. The Morgan fingerprint density at radius 3 is 2.91 bits per heavy atom. The van der Waals surface area contributed by atoms with E-state index in [1.807, 2.05) is 0 Å². The summed E-state index contributed by atoms with van der Waals surface area (Å²) in [5.41, 5.74) is 0. The van der Waals surface area contributed by atoms with Crippen LogP contribution in [0.2, 0.25) is 0 Å². The van der Waals surface area contributed by atoms with E-state index >= 15 is 0 Å². The maximum atomic E-state index is 10.8. The van der Waals surface area contributed by atoms with Crippen molar-refractivity contribution in [3.63, 3.8) is 0 Å². The number of carbonyl (C=O) groups is 1. The number of hydrogen-bond donors (Lipinski definition) is 0. The molecule has 1 unspecified atom stereocenters. The van der Waals surface area contributed by atoms with Gasteiger partial charge in [0, 0.05) is 6.42 Å². The van der Waals surface area contributed by atoms with Crippen LogP contribution in [-0.4, -0.2) is 18.9 Å². The maximum Gasteiger partial charge on any atom is 0.351 e. The summed E-state index contributed by atoms with van der Waals surface area (Å²) in [6.07, 6.45) is 1.25. The molecule has 0 N–H and O–H groups in total. The highest BCUT2D eigenvalue weighted by atomic mass is 35.5. The first-order chi connectivity index (χ1) is 5.20. The molecule has 11 heavy (non-hydrogen) atoms. The minimum absolute atomic E-state index is 0.111. The lowest BCUT2D eigenvalue weighted by Crippen LogP contribution is -2.16. The van der Waals surface area contributed by atoms with Gasteiger partial charge in [0.05, 0.1) is 6.61 Å². The largest absolute Gasteiger partial charge is 0.432 e. The van der Waals surface area contributed by atoms with Gasteiger partial charge in [-0.1, -0.05) is 18.2 Å². The summed E-state index contributed by atoms with van der Waals surface area (Å²) in [6, 6.07) is 0. The average molecular weight is 177 g/mol. The van der Waals surface area contributed by atoms with E-state index in [2.05, 4.69) is 6.58 Å². The summed E-state index contributed by atoms with van der Waals surface area (Å²) in [4.78, 5) is 10.8. The standard InChI is InChI=1S/C7H9ClO3/c1-5(8)7(9)11-6-3-2-4-10-6/h6H,1-4H2. The van der Waals surface area contributed by atoms with Crippen LogP contribution >= 0.6 is 11.6 Å². The Hall–Kier alpha value is -0.540. The van der Waals surface area contributed by atoms with Gasteiger partial charge in [-0.25, -0.2) is 4.79 Å². The zero-order valence-corrected chi connectivity index (χ0v) is 6.76. The molecular weight excluding hydrogens is 168 g/mol. The summed E-state index contributed by atoms with van der Waals surface area (Å²) < 4.78 is 9.81. The Labute approximate surface area is 69.9 Å². The summed E-state index contributed by atoms with van der Waals surface area (Å²) in [6.45, 7) is 3.88. The van der Waals surface area contributed by atoms with Crippen LogP contribution < -0.4 is 0 Å². The van der Waals surface area contributed by atoms with E-state index < -0.39 is 12.3 Å². The van der Waals surface area contributed by atoms with Crippen molar-refractivity contribution in [2.45, 2.75) is 19.1 Å². The van der Waals surface area contributed by atoms with Crippen molar-refractivity contribution in [3.05, 3.63) is 11.6 Å². The second-order valence-electron chi connectivity index (χ2n) is 2.25. The number of carbonyl (C=O) groups excluding carboxylic acids is 1. The second-order valence-corrected chi connectivity index (χ2v) is 2.71. The SMILES string of the molecule is C=C(Cl)C(=O)OC1CCCO1. The second kappa shape index (κ2) is 3.74. The van der Waals surface area contributed by atoms with E-state index in [9.17, 15) is 4.79 Å². The predicted octanol–water partition coefficient (Wildman–Crippen LogP) is 1.42. The Morgan fingerprint density at radius 1 is 1.73 bits per heavy atom. The van der Waals surface area contributed by atoms with Gasteiger partial charge in [0.2, 0.25) is 6.29 Å². The van der Waals surface area contributed by atoms with Gasteiger partial charge < -0.3 is 9.47 Å². The highest BCUT2D eigenvalue weighted by Crippen LogP contribution is 2.15. The first-order valence-electron chi connectivity index (χ1n) is 3.37. The van der Waals surface area contributed by atoms with Crippen molar-refractivity contribution in [2.24, 2.45) is 0 Å². The average Bonchev–Trinajstić information content (AvgIpc) is 2.39. The van der Waals surface area contributed by atoms with Gasteiger partial charge >= 0.3 is 5.97 Å². The highest BCUT2D eigenvalue weighted by molar-refractivity contribution is 6.40. The Kier molecular flexibility index (Phi) is 2.91. The molecule has 1 saturated heterocycles. The highest BCUT2D eigenvalue weighted by Gasteiger charge is 2.20. The molecule has 1 aliphatic rings. The third-order valence-electron chi connectivity index (χ3n) is 1.35. The van der Waals surface area contributed by atoms with Crippen LogP contribution in [0.5, 0.6) is 0 Å². The molecule has 0 amide bonds. The van der Waals surface area contributed by atoms with Crippen molar-refractivity contribution in [3.8, 4) is 0 Å². The molecule has 1 heterocycles. The van der Waals surface area contributed by atoms with Gasteiger partial charge in [0.25, 0.3) is 0 Å². The molecule has 1 aliphatic heterocycles. The van der Waals surface area contributed by atoms with Crippen molar-refractivity contribution in [1.29, 1.82) is 0 Å². The predicted molar refractivity (Wildman–Crippen MR) is 40.1 cm³/mol. The molecule has 0 radical (unpaired) electrons. The molecule has 1 fully saturated rings. The van der Waals surface area contributed by atoms with Crippen molar-refractivity contribution in [2.75, 3.05) is 6.61 Å². The summed E-state index contributed by atoms with van der Waals surface area (Å²) in [5, 5.41) is -0.111. The van der Waals surface area contributed by atoms with Crippen LogP contribution in [0, 0.1) is 0 Å². The lowest BCUT2D eigenvalue weighted by atomic mass is 10.4. The lowest BCUT2D eigenvalue weighted by molar-refractivity contribution is -0.164. The van der Waals surface area contributed by atoms with E-state index in [4.69, 9.17) is 21.1 Å². The Morgan fingerprint density at radius 2 is 2.45 bits per heavy atom. The smallest absolute Gasteiger partial charge is 0.351 e. The van der Waals surface area contributed by atoms with E-state index in [1.54, 1.807) is 0 Å². The minimum atomic E-state index is -0.599. The molecule has 1 atom stereocenters. The molecule has 0 aromatic heterocycles. The van der Waals surface area contributed by atoms with Crippen LogP contribution in [0.3, 0.4) is 0 Å². The van der Waals surface area contributed by atoms with Gasteiger partial charge in [0.15, 0.2) is 0 Å². The first kappa shape index (κ1) is 8.56. The summed E-state index contributed by atoms with van der Waals surface area (Å²) in [5.74, 6) is -0.599. The van der Waals surface area contributed by atoms with Crippen LogP contribution in [0.1, 0.15) is 12.8 Å². The van der Waals surface area contributed by atoms with Gasteiger partial charge in [-0.3, -0.25) is 0 Å². The van der Waals surface area contributed by atoms with Crippen LogP contribution in [-0.2, 0) is 14.3 Å². The van der Waals surface area contributed by atoms with E-state index in [1.165, 1.54) is 0 Å². The summed E-state index contributed by atoms with van der Waals surface area (Å²) >= 11 is 5.28. The molecule has 0 aromatic carbocycles. The van der Waals surface area contributed by atoms with Gasteiger partial charge in [-0.15, -0.1) is 0 Å². The van der Waals surface area contributed by atoms with E-state index in [-0.39, 0.29) is 5.03 Å². The molecule has 3 nitrogen and oxygen atoms in total. The number of rotatable bonds is 2. The van der Waals surface area contributed by atoms with Gasteiger partial charge in [-0.2, -0.15) is 0 Å². The summed E-state index contributed by atoms with van der Waals surface area (Å²) in [7, 11) is 0. The Balaban J connectivity index is 2.29. The van der Waals surface area contributed by atoms with Crippen molar-refractivity contribution < 1.29 is 14.3 Å². The first-order valence-corrected chi connectivity index (χ1v) is 3.75. The van der Waals surface area contributed by atoms with Crippen LogP contribution in [0.4, 0.5) is 0 Å². The topological polar surface area (TPSA) is 35.5 Å².